The maximum atomic E-state index is 5.83. The predicted molar refractivity (Wildman–Crippen MR) is 50.1 cm³/mol. The van der Waals surface area contributed by atoms with Crippen molar-refractivity contribution < 1.29 is 0 Å². The van der Waals surface area contributed by atoms with Crippen LogP contribution in [-0.4, -0.2) is 15.6 Å². The fourth-order valence-corrected chi connectivity index (χ4v) is 1.62. The standard InChI is InChI=1S/C6H10ClN3S/c1-4(2)10-6(7)8-5(3)9-11-10/h4,9H,3H2,1-2H3. The normalized spacial score (nSPS) is 18.4. The molecular weight excluding hydrogens is 182 g/mol. The van der Waals surface area contributed by atoms with E-state index in [-0.39, 0.29) is 0 Å². The molecule has 0 aromatic rings. The summed E-state index contributed by atoms with van der Waals surface area (Å²) in [6, 6.07) is 0.330. The quantitative estimate of drug-likeness (QED) is 0.507. The summed E-state index contributed by atoms with van der Waals surface area (Å²) < 4.78 is 4.79. The highest BCUT2D eigenvalue weighted by Crippen LogP contribution is 2.20. The van der Waals surface area contributed by atoms with Gasteiger partial charge in [-0.05, 0) is 25.4 Å². The van der Waals surface area contributed by atoms with Gasteiger partial charge in [-0.15, -0.1) is 0 Å². The first-order valence-corrected chi connectivity index (χ1v) is 4.41. The fourth-order valence-electron chi connectivity index (χ4n) is 0.641. The summed E-state index contributed by atoms with van der Waals surface area (Å²) in [5.74, 6) is 0.594. The minimum absolute atomic E-state index is 0.330. The largest absolute Gasteiger partial charge is 0.297 e. The van der Waals surface area contributed by atoms with Gasteiger partial charge in [-0.25, -0.2) is 4.99 Å². The first-order valence-electron chi connectivity index (χ1n) is 3.26. The average Bonchev–Trinajstić information content (AvgIpc) is 1.85. The molecule has 3 nitrogen and oxygen atoms in total. The van der Waals surface area contributed by atoms with Crippen LogP contribution in [0.3, 0.4) is 0 Å². The number of aliphatic imine (C=N–C) groups is 1. The summed E-state index contributed by atoms with van der Waals surface area (Å²) in [5.41, 5.74) is 0. The highest BCUT2D eigenvalue weighted by atomic mass is 35.5. The van der Waals surface area contributed by atoms with Gasteiger partial charge in [0.25, 0.3) is 0 Å². The molecule has 0 spiro atoms. The number of halogens is 1. The van der Waals surface area contributed by atoms with E-state index in [1.807, 2.05) is 18.2 Å². The molecular formula is C6H10ClN3S. The number of hydrogen-bond donors (Lipinski definition) is 1. The summed E-state index contributed by atoms with van der Waals surface area (Å²) in [6.07, 6.45) is 0. The summed E-state index contributed by atoms with van der Waals surface area (Å²) >= 11 is 7.24. The van der Waals surface area contributed by atoms with Crippen molar-refractivity contribution in [3.63, 3.8) is 0 Å². The van der Waals surface area contributed by atoms with Crippen LogP contribution < -0.4 is 4.72 Å². The Hall–Kier alpha value is -0.350. The molecule has 0 unspecified atom stereocenters. The molecule has 1 heterocycles. The van der Waals surface area contributed by atoms with Crippen LogP contribution in [0.25, 0.3) is 0 Å². The molecule has 1 aliphatic rings. The molecule has 0 aromatic carbocycles. The van der Waals surface area contributed by atoms with Gasteiger partial charge in [-0.2, -0.15) is 0 Å². The summed E-state index contributed by atoms with van der Waals surface area (Å²) in [6.45, 7) is 7.71. The van der Waals surface area contributed by atoms with Gasteiger partial charge < -0.3 is 0 Å². The molecule has 0 saturated heterocycles. The van der Waals surface area contributed by atoms with Crippen molar-refractivity contribution >= 4 is 29.0 Å². The second kappa shape index (κ2) is 3.36. The van der Waals surface area contributed by atoms with Crippen molar-refractivity contribution in [2.45, 2.75) is 19.9 Å². The van der Waals surface area contributed by atoms with Gasteiger partial charge in [0.2, 0.25) is 5.29 Å². The van der Waals surface area contributed by atoms with Crippen molar-refractivity contribution in [2.24, 2.45) is 4.99 Å². The molecule has 0 aromatic heterocycles. The van der Waals surface area contributed by atoms with Crippen LogP contribution in [0.15, 0.2) is 17.4 Å². The van der Waals surface area contributed by atoms with E-state index >= 15 is 0 Å². The first-order chi connectivity index (χ1) is 5.11. The lowest BCUT2D eigenvalue weighted by molar-refractivity contribution is 0.549. The molecule has 0 atom stereocenters. The third kappa shape index (κ3) is 2.04. The van der Waals surface area contributed by atoms with E-state index in [2.05, 4.69) is 16.3 Å². The molecule has 0 fully saturated rings. The van der Waals surface area contributed by atoms with Gasteiger partial charge in [-0.1, -0.05) is 6.58 Å². The lowest BCUT2D eigenvalue weighted by Crippen LogP contribution is -2.33. The minimum Gasteiger partial charge on any atom is -0.297 e. The lowest BCUT2D eigenvalue weighted by atomic mass is 10.4. The molecule has 5 heteroatoms. The number of hydrogen-bond acceptors (Lipinski definition) is 4. The molecule has 1 rings (SSSR count). The number of nitrogens with zero attached hydrogens (tertiary/aromatic N) is 2. The summed E-state index contributed by atoms with van der Waals surface area (Å²) in [5, 5.41) is 0.480. The second-order valence-corrected chi connectivity index (χ2v) is 3.56. The Bertz CT molecular complexity index is 202. The maximum Gasteiger partial charge on any atom is 0.212 e. The van der Waals surface area contributed by atoms with E-state index in [0.717, 1.165) is 0 Å². The Morgan fingerprint density at radius 3 is 2.82 bits per heavy atom. The van der Waals surface area contributed by atoms with E-state index in [1.165, 1.54) is 12.1 Å². The molecule has 1 aliphatic heterocycles. The summed E-state index contributed by atoms with van der Waals surface area (Å²) in [7, 11) is 0. The van der Waals surface area contributed by atoms with Crippen LogP contribution in [0.2, 0.25) is 0 Å². The fraction of sp³-hybridized carbons (Fsp3) is 0.500. The molecule has 0 amide bonds. The number of nitrogens with one attached hydrogen (secondary N) is 1. The molecule has 0 aliphatic carbocycles. The van der Waals surface area contributed by atoms with Crippen LogP contribution in [0.5, 0.6) is 0 Å². The average molecular weight is 192 g/mol. The van der Waals surface area contributed by atoms with Crippen molar-refractivity contribution in [1.82, 2.24) is 9.03 Å². The zero-order valence-electron chi connectivity index (χ0n) is 6.47. The number of rotatable bonds is 1. The van der Waals surface area contributed by atoms with Crippen LogP contribution in [-0.2, 0) is 0 Å². The smallest absolute Gasteiger partial charge is 0.212 e. The van der Waals surface area contributed by atoms with E-state index in [9.17, 15) is 0 Å². The Labute approximate surface area is 75.8 Å². The maximum absolute atomic E-state index is 5.83. The highest BCUT2D eigenvalue weighted by Gasteiger charge is 2.18. The number of amidine groups is 1. The third-order valence-corrected chi connectivity index (χ3v) is 2.62. The molecule has 62 valence electrons. The van der Waals surface area contributed by atoms with Crippen molar-refractivity contribution in [2.75, 3.05) is 0 Å². The van der Waals surface area contributed by atoms with Gasteiger partial charge in [0, 0.05) is 6.04 Å². The van der Waals surface area contributed by atoms with Crippen LogP contribution >= 0.6 is 23.7 Å². The predicted octanol–water partition coefficient (Wildman–Crippen LogP) is 1.93. The minimum atomic E-state index is 0.330. The zero-order chi connectivity index (χ0) is 8.43. The molecule has 0 radical (unpaired) electrons. The Morgan fingerprint density at radius 1 is 1.73 bits per heavy atom. The Morgan fingerprint density at radius 2 is 2.36 bits per heavy atom. The monoisotopic (exact) mass is 191 g/mol. The van der Waals surface area contributed by atoms with Crippen LogP contribution in [0.4, 0.5) is 0 Å². The van der Waals surface area contributed by atoms with E-state index in [0.29, 0.717) is 17.2 Å². The first kappa shape index (κ1) is 8.74. The van der Waals surface area contributed by atoms with Gasteiger partial charge >= 0.3 is 0 Å². The van der Waals surface area contributed by atoms with E-state index in [1.54, 1.807) is 0 Å². The Kier molecular flexibility index (Phi) is 2.67. The van der Waals surface area contributed by atoms with Crippen molar-refractivity contribution in [3.8, 4) is 0 Å². The van der Waals surface area contributed by atoms with Gasteiger partial charge in [0.15, 0.2) is 0 Å². The van der Waals surface area contributed by atoms with Crippen LogP contribution in [0, 0.1) is 0 Å². The molecule has 0 saturated carbocycles. The second-order valence-electron chi connectivity index (χ2n) is 2.44. The van der Waals surface area contributed by atoms with Crippen molar-refractivity contribution in [3.05, 3.63) is 12.4 Å². The topological polar surface area (TPSA) is 27.6 Å². The zero-order valence-corrected chi connectivity index (χ0v) is 8.04. The van der Waals surface area contributed by atoms with E-state index < -0.39 is 0 Å². The summed E-state index contributed by atoms with van der Waals surface area (Å²) in [4.78, 5) is 3.97. The lowest BCUT2D eigenvalue weighted by Gasteiger charge is -2.28. The molecule has 11 heavy (non-hydrogen) atoms. The van der Waals surface area contributed by atoms with Crippen molar-refractivity contribution in [1.29, 1.82) is 0 Å². The van der Waals surface area contributed by atoms with Gasteiger partial charge in [0.1, 0.15) is 5.82 Å². The van der Waals surface area contributed by atoms with Crippen LogP contribution in [0.1, 0.15) is 13.8 Å². The molecule has 1 N–H and O–H groups in total. The SMILES string of the molecule is C=C1N=C(Cl)N(C(C)C)SN1. The van der Waals surface area contributed by atoms with Gasteiger partial charge in [-0.3, -0.25) is 9.03 Å². The molecule has 0 bridgehead atoms. The van der Waals surface area contributed by atoms with E-state index in [4.69, 9.17) is 11.6 Å². The van der Waals surface area contributed by atoms with Gasteiger partial charge in [0.05, 0.1) is 12.1 Å². The Balaban J connectivity index is 2.72. The third-order valence-electron chi connectivity index (χ3n) is 1.14. The highest BCUT2D eigenvalue weighted by molar-refractivity contribution is 7.96.